The van der Waals surface area contributed by atoms with Gasteiger partial charge in [-0.3, -0.25) is 0 Å². The molecule has 0 N–H and O–H groups in total. The van der Waals surface area contributed by atoms with Crippen molar-refractivity contribution in [3.8, 4) is 0 Å². The van der Waals surface area contributed by atoms with E-state index in [-0.39, 0.29) is 41.2 Å². The summed E-state index contributed by atoms with van der Waals surface area (Å²) in [6, 6.07) is 0. The van der Waals surface area contributed by atoms with Crippen molar-refractivity contribution in [2.24, 2.45) is 0 Å². The van der Waals surface area contributed by atoms with Gasteiger partial charge in [-0.05, 0) is 0 Å². The van der Waals surface area contributed by atoms with Crippen LogP contribution in [0.5, 0.6) is 0 Å². The second kappa shape index (κ2) is 9.13. The summed E-state index contributed by atoms with van der Waals surface area (Å²) in [5.74, 6) is 0. The molecule has 64 valence electrons. The van der Waals surface area contributed by atoms with E-state index < -0.39 is 15.6 Å². The molecule has 0 radical (unpaired) electrons. The fourth-order valence-electron chi connectivity index (χ4n) is 0. The molecule has 0 aromatic heterocycles. The van der Waals surface area contributed by atoms with E-state index in [9.17, 15) is 0 Å². The Labute approximate surface area is 95.2 Å². The average Bonchev–Trinajstić information content (AvgIpc) is 1.12. The smallest absolute Gasteiger partial charge is 0.822 e. The van der Waals surface area contributed by atoms with Crippen LogP contribution in [0, 0.1) is 0 Å². The van der Waals surface area contributed by atoms with Crippen molar-refractivity contribution in [1.82, 2.24) is 0 Å². The predicted octanol–water partition coefficient (Wildman–Crippen LogP) is -8.65. The van der Waals surface area contributed by atoms with Crippen LogP contribution in [0.3, 0.4) is 0 Å². The topological polar surface area (TPSA) is 172 Å². The Morgan fingerprint density at radius 3 is 0.667 bits per heavy atom. The second-order valence-corrected chi connectivity index (χ2v) is 2.68. The number of hydrogen-bond acceptors (Lipinski definition) is 8. The van der Waals surface area contributed by atoms with Crippen LogP contribution in [0.2, 0.25) is 0 Å². The van der Waals surface area contributed by atoms with Crippen LogP contribution in [0.1, 0.15) is 0 Å². The molecule has 0 rings (SSSR count). The van der Waals surface area contributed by atoms with Crippen LogP contribution >= 0.6 is 15.6 Å². The van der Waals surface area contributed by atoms with E-state index in [1.54, 1.807) is 0 Å². The fraction of sp³-hybridized carbons (Fsp3) is 0. The first-order chi connectivity index (χ1) is 4.00. The molecule has 0 bridgehead atoms. The number of hydrogen-bond donors (Lipinski definition) is 0. The quantitative estimate of drug-likeness (QED) is 0.295. The maximum absolute atomic E-state index is 8.55. The first kappa shape index (κ1) is 23.4. The molecule has 0 unspecified atom stereocenters. The zero-order valence-corrected chi connectivity index (χ0v) is 10.6. The van der Waals surface area contributed by atoms with Gasteiger partial charge in [0, 0.05) is 0 Å². The maximum Gasteiger partial charge on any atom is 5.00 e. The van der Waals surface area contributed by atoms with Gasteiger partial charge in [-0.15, -0.1) is 0 Å². The first-order valence-electron chi connectivity index (χ1n) is 1.46. The maximum atomic E-state index is 8.55. The van der Waals surface area contributed by atoms with Gasteiger partial charge in [0.15, 0.2) is 0 Å². The zero-order chi connectivity index (χ0) is 9.00. The Morgan fingerprint density at radius 1 is 0.667 bits per heavy atom. The minimum Gasteiger partial charge on any atom is -0.822 e. The Morgan fingerprint density at radius 2 is 0.667 bits per heavy atom. The SMILES string of the molecule is O=P([O-])([O-])[O-].O=P([O-])([O-])[O-].[Li+].[Ta+5]. The van der Waals surface area contributed by atoms with Crippen LogP contribution < -0.4 is 48.2 Å². The zero-order valence-electron chi connectivity index (χ0n) is 5.61. The van der Waals surface area contributed by atoms with Crippen LogP contribution in [-0.4, -0.2) is 0 Å². The van der Waals surface area contributed by atoms with Crippen molar-refractivity contribution in [3.05, 3.63) is 0 Å². The third kappa shape index (κ3) is 531. The molecule has 0 aromatic rings. The molecule has 0 spiro atoms. The van der Waals surface area contributed by atoms with Gasteiger partial charge in [0.25, 0.3) is 0 Å². The van der Waals surface area contributed by atoms with Crippen molar-refractivity contribution >= 4 is 15.6 Å². The van der Waals surface area contributed by atoms with Crippen LogP contribution in [0.4, 0.5) is 0 Å². The van der Waals surface area contributed by atoms with Crippen molar-refractivity contribution in [2.75, 3.05) is 0 Å². The van der Waals surface area contributed by atoms with Gasteiger partial charge in [0.05, 0.1) is 0 Å². The van der Waals surface area contributed by atoms with Gasteiger partial charge in [0.2, 0.25) is 0 Å². The van der Waals surface area contributed by atoms with Crippen LogP contribution in [-0.2, 0) is 31.5 Å². The van der Waals surface area contributed by atoms with E-state index in [1.807, 2.05) is 0 Å². The summed E-state index contributed by atoms with van der Waals surface area (Å²) in [6.45, 7) is 0. The minimum atomic E-state index is -5.39. The molecule has 0 fully saturated rings. The largest absolute Gasteiger partial charge is 5.00 e. The monoisotopic (exact) mass is 378 g/mol. The van der Waals surface area contributed by atoms with E-state index in [0.29, 0.717) is 0 Å². The summed E-state index contributed by atoms with van der Waals surface area (Å²) >= 11 is 0. The second-order valence-electron chi connectivity index (χ2n) is 0.894. The van der Waals surface area contributed by atoms with Gasteiger partial charge in [-0.25, -0.2) is 0 Å². The number of phosphoric acid groups is 2. The van der Waals surface area contributed by atoms with Gasteiger partial charge >= 0.3 is 41.2 Å². The average molecular weight is 378 g/mol. The van der Waals surface area contributed by atoms with Gasteiger partial charge < -0.3 is 38.5 Å². The van der Waals surface area contributed by atoms with Gasteiger partial charge in [-0.2, -0.15) is 15.6 Å². The van der Waals surface area contributed by atoms with E-state index >= 15 is 0 Å². The molecule has 8 nitrogen and oxygen atoms in total. The van der Waals surface area contributed by atoms with Gasteiger partial charge in [0.1, 0.15) is 0 Å². The van der Waals surface area contributed by atoms with Crippen LogP contribution in [0.15, 0.2) is 0 Å². The minimum absolute atomic E-state index is 0. The molecule has 0 atom stereocenters. The van der Waals surface area contributed by atoms with Crippen molar-refractivity contribution in [2.45, 2.75) is 0 Å². The molecular weight excluding hydrogens is 378 g/mol. The first-order valence-corrected chi connectivity index (χ1v) is 4.38. The molecule has 0 aliphatic heterocycles. The molecular formula is LiO8P2Ta. The molecule has 0 aliphatic rings. The Bertz CT molecular complexity index is 129. The molecule has 0 heterocycles. The Hall–Kier alpha value is 1.56. The summed E-state index contributed by atoms with van der Waals surface area (Å²) in [6.07, 6.45) is 0. The summed E-state index contributed by atoms with van der Waals surface area (Å²) in [7, 11) is -10.8. The Balaban J connectivity index is -0.0000000457. The third-order valence-corrected chi connectivity index (χ3v) is 0. The normalized spacial score (nSPS) is 9.83. The number of rotatable bonds is 0. The molecule has 12 heavy (non-hydrogen) atoms. The molecule has 0 saturated carbocycles. The molecule has 0 amide bonds. The molecule has 12 heteroatoms. The third-order valence-electron chi connectivity index (χ3n) is 0. The van der Waals surface area contributed by atoms with Crippen molar-refractivity contribution in [3.63, 3.8) is 0 Å². The van der Waals surface area contributed by atoms with E-state index in [1.165, 1.54) is 0 Å². The van der Waals surface area contributed by atoms with Gasteiger partial charge in [-0.1, -0.05) is 0 Å². The molecule has 0 aliphatic carbocycles. The molecule has 0 aromatic carbocycles. The van der Waals surface area contributed by atoms with E-state index in [4.69, 9.17) is 38.5 Å². The Kier molecular flexibility index (Phi) is 17.8. The van der Waals surface area contributed by atoms with Crippen LogP contribution in [0.25, 0.3) is 0 Å². The standard InChI is InChI=1S/Li.2H3O4P.Ta/c;2*1-5(2,3)4;/h;2*(H3,1,2,3,4);/q+1;;;+5/p-6. The van der Waals surface area contributed by atoms with E-state index in [2.05, 4.69) is 0 Å². The van der Waals surface area contributed by atoms with Crippen molar-refractivity contribution in [1.29, 1.82) is 0 Å². The summed E-state index contributed by atoms with van der Waals surface area (Å²) in [5, 5.41) is 0. The van der Waals surface area contributed by atoms with Crippen molar-refractivity contribution < 1.29 is 79.7 Å². The molecule has 0 saturated heterocycles. The summed E-state index contributed by atoms with van der Waals surface area (Å²) < 4.78 is 17.1. The summed E-state index contributed by atoms with van der Waals surface area (Å²) in [4.78, 5) is 51.3. The predicted molar refractivity (Wildman–Crippen MR) is 15.2 cm³/mol. The van der Waals surface area contributed by atoms with E-state index in [0.717, 1.165) is 0 Å². The summed E-state index contributed by atoms with van der Waals surface area (Å²) in [5.41, 5.74) is 0. The fourth-order valence-corrected chi connectivity index (χ4v) is 0.